The number of carbonyl (C=O) groups excluding carboxylic acids is 1. The Morgan fingerprint density at radius 1 is 1.14 bits per heavy atom. The van der Waals surface area contributed by atoms with Crippen LogP contribution in [0.4, 0.5) is 0 Å². The minimum absolute atomic E-state index is 0.357. The molecule has 0 fully saturated rings. The topological polar surface area (TPSA) is 71.7 Å². The fourth-order valence-corrected chi connectivity index (χ4v) is 4.23. The van der Waals surface area contributed by atoms with Crippen LogP contribution in [0.1, 0.15) is 60.6 Å². The summed E-state index contributed by atoms with van der Waals surface area (Å²) in [5.41, 5.74) is 3.51. The van der Waals surface area contributed by atoms with E-state index in [1.54, 1.807) is 16.7 Å². The van der Waals surface area contributed by atoms with Crippen LogP contribution >= 0.6 is 11.3 Å². The van der Waals surface area contributed by atoms with Gasteiger partial charge in [-0.15, -0.1) is 0 Å². The van der Waals surface area contributed by atoms with Crippen molar-refractivity contribution < 1.29 is 14.7 Å². The number of aromatic nitrogens is 1. The molecule has 1 N–H and O–H groups in total. The van der Waals surface area contributed by atoms with Gasteiger partial charge in [0.2, 0.25) is 0 Å². The monoisotopic (exact) mass is 396 g/mol. The third kappa shape index (κ3) is 3.92. The van der Waals surface area contributed by atoms with Crippen molar-refractivity contribution in [2.45, 2.75) is 46.1 Å². The number of aliphatic carboxylic acids is 1. The molecule has 0 aliphatic rings. The van der Waals surface area contributed by atoms with Crippen LogP contribution in [-0.4, -0.2) is 21.6 Å². The normalized spacial score (nSPS) is 13.2. The Balaban J connectivity index is 2.22. The zero-order valence-electron chi connectivity index (χ0n) is 16.5. The van der Waals surface area contributed by atoms with Crippen LogP contribution in [0.15, 0.2) is 47.5 Å². The van der Waals surface area contributed by atoms with E-state index in [-0.39, 0.29) is 5.91 Å². The van der Waals surface area contributed by atoms with Gasteiger partial charge in [0.1, 0.15) is 6.04 Å². The van der Waals surface area contributed by atoms with Gasteiger partial charge < -0.3 is 9.67 Å². The average molecular weight is 397 g/mol. The molecule has 1 aromatic heterocycles. The molecule has 28 heavy (non-hydrogen) atoms. The Labute approximate surface area is 168 Å². The van der Waals surface area contributed by atoms with Gasteiger partial charge in [0.05, 0.1) is 10.2 Å². The molecule has 3 rings (SSSR count). The van der Waals surface area contributed by atoms with Crippen LogP contribution in [0.5, 0.6) is 0 Å². The fourth-order valence-electron chi connectivity index (χ4n) is 3.11. The van der Waals surface area contributed by atoms with E-state index in [1.807, 2.05) is 38.1 Å². The second-order valence-electron chi connectivity index (χ2n) is 7.18. The number of amides is 1. The van der Waals surface area contributed by atoms with E-state index >= 15 is 0 Å². The second kappa shape index (κ2) is 8.10. The summed E-state index contributed by atoms with van der Waals surface area (Å²) in [6, 6.07) is 12.4. The first-order valence-electron chi connectivity index (χ1n) is 9.35. The predicted molar refractivity (Wildman–Crippen MR) is 112 cm³/mol. The molecule has 0 bridgehead atoms. The van der Waals surface area contributed by atoms with E-state index in [4.69, 9.17) is 0 Å². The number of carboxylic acid groups (broad SMARTS) is 1. The van der Waals surface area contributed by atoms with E-state index in [9.17, 15) is 14.7 Å². The number of hydrogen-bond acceptors (Lipinski definition) is 3. The molecule has 0 aliphatic carbocycles. The van der Waals surface area contributed by atoms with Gasteiger partial charge in [-0.3, -0.25) is 4.79 Å². The molecule has 1 atom stereocenters. The van der Waals surface area contributed by atoms with E-state index < -0.39 is 12.0 Å². The van der Waals surface area contributed by atoms with E-state index in [0.717, 1.165) is 15.8 Å². The Hall–Kier alpha value is -2.73. The number of aryl methyl sites for hydroxylation is 1. The summed E-state index contributed by atoms with van der Waals surface area (Å²) in [6.07, 6.45) is 0.402. The summed E-state index contributed by atoms with van der Waals surface area (Å²) >= 11 is 1.35. The average Bonchev–Trinajstić information content (AvgIpc) is 2.99. The quantitative estimate of drug-likeness (QED) is 0.666. The summed E-state index contributed by atoms with van der Waals surface area (Å²) in [7, 11) is 0. The van der Waals surface area contributed by atoms with Crippen molar-refractivity contribution in [3.05, 3.63) is 64.0 Å². The fraction of sp³-hybridized carbons (Fsp3) is 0.318. The molecule has 6 heteroatoms. The Morgan fingerprint density at radius 3 is 2.39 bits per heavy atom. The van der Waals surface area contributed by atoms with Gasteiger partial charge in [-0.2, -0.15) is 4.99 Å². The van der Waals surface area contributed by atoms with Gasteiger partial charge >= 0.3 is 5.97 Å². The largest absolute Gasteiger partial charge is 0.480 e. The highest BCUT2D eigenvalue weighted by molar-refractivity contribution is 7.16. The number of hydrogen-bond donors (Lipinski definition) is 1. The lowest BCUT2D eigenvalue weighted by Gasteiger charge is -2.14. The van der Waals surface area contributed by atoms with E-state index in [0.29, 0.717) is 22.7 Å². The van der Waals surface area contributed by atoms with Gasteiger partial charge in [-0.25, -0.2) is 4.79 Å². The van der Waals surface area contributed by atoms with Crippen LogP contribution in [0.25, 0.3) is 10.2 Å². The number of nitrogens with zero attached hydrogens (tertiary/aromatic N) is 2. The molecule has 2 aromatic carbocycles. The number of benzene rings is 2. The molecule has 146 valence electrons. The van der Waals surface area contributed by atoms with Crippen molar-refractivity contribution in [3.8, 4) is 0 Å². The SMILES string of the molecule is CCC(C(=O)O)n1c(=NC(=O)c2ccc(C)cc2)sc2cc(C(C)C)ccc21. The van der Waals surface area contributed by atoms with Crippen LogP contribution in [0.3, 0.4) is 0 Å². The van der Waals surface area contributed by atoms with Gasteiger partial charge in [0.15, 0.2) is 4.80 Å². The van der Waals surface area contributed by atoms with Crippen molar-refractivity contribution >= 4 is 33.4 Å². The molecule has 0 radical (unpaired) electrons. The standard InChI is InChI=1S/C22H24N2O3S/c1-5-17(21(26)27)24-18-11-10-16(13(2)3)12-19(18)28-22(24)23-20(25)15-8-6-14(4)7-9-15/h6-13,17H,5H2,1-4H3,(H,26,27). The lowest BCUT2D eigenvalue weighted by atomic mass is 10.0. The van der Waals surface area contributed by atoms with Gasteiger partial charge in [-0.1, -0.05) is 55.9 Å². The smallest absolute Gasteiger partial charge is 0.326 e. The number of thiazole rings is 1. The molecule has 1 unspecified atom stereocenters. The molecule has 0 aliphatic heterocycles. The summed E-state index contributed by atoms with van der Waals surface area (Å²) in [6.45, 7) is 8.00. The maximum Gasteiger partial charge on any atom is 0.326 e. The lowest BCUT2D eigenvalue weighted by molar-refractivity contribution is -0.140. The molecule has 0 saturated heterocycles. The second-order valence-corrected chi connectivity index (χ2v) is 8.19. The zero-order chi connectivity index (χ0) is 20.4. The number of rotatable bonds is 5. The summed E-state index contributed by atoms with van der Waals surface area (Å²) in [5, 5.41) is 9.71. The van der Waals surface area contributed by atoms with Crippen molar-refractivity contribution in [1.82, 2.24) is 4.57 Å². The van der Waals surface area contributed by atoms with E-state index in [1.165, 1.54) is 16.9 Å². The highest BCUT2D eigenvalue weighted by Gasteiger charge is 2.22. The van der Waals surface area contributed by atoms with Crippen LogP contribution in [-0.2, 0) is 4.79 Å². The minimum Gasteiger partial charge on any atom is -0.480 e. The number of carbonyl (C=O) groups is 2. The molecular formula is C22H24N2O3S. The van der Waals surface area contributed by atoms with Crippen molar-refractivity contribution in [2.24, 2.45) is 4.99 Å². The molecule has 5 nitrogen and oxygen atoms in total. The molecule has 0 spiro atoms. The first-order chi connectivity index (χ1) is 13.3. The zero-order valence-corrected chi connectivity index (χ0v) is 17.3. The maximum atomic E-state index is 12.7. The third-order valence-corrected chi connectivity index (χ3v) is 5.81. The van der Waals surface area contributed by atoms with E-state index in [2.05, 4.69) is 24.9 Å². The summed E-state index contributed by atoms with van der Waals surface area (Å²) in [5.74, 6) is -0.944. The highest BCUT2D eigenvalue weighted by atomic mass is 32.1. The molecule has 3 aromatic rings. The first kappa shape index (κ1) is 20.0. The van der Waals surface area contributed by atoms with Crippen LogP contribution < -0.4 is 4.80 Å². The Kier molecular flexibility index (Phi) is 5.79. The number of fused-ring (bicyclic) bond motifs is 1. The third-order valence-electron chi connectivity index (χ3n) is 4.80. The molecular weight excluding hydrogens is 372 g/mol. The number of carboxylic acids is 1. The lowest BCUT2D eigenvalue weighted by Crippen LogP contribution is -2.27. The predicted octanol–water partition coefficient (Wildman–Crippen LogP) is 4.91. The first-order valence-corrected chi connectivity index (χ1v) is 10.2. The van der Waals surface area contributed by atoms with Crippen LogP contribution in [0.2, 0.25) is 0 Å². The van der Waals surface area contributed by atoms with Gasteiger partial charge in [-0.05, 0) is 49.1 Å². The van der Waals surface area contributed by atoms with Crippen molar-refractivity contribution in [2.75, 3.05) is 0 Å². The Morgan fingerprint density at radius 2 is 1.82 bits per heavy atom. The van der Waals surface area contributed by atoms with Gasteiger partial charge in [0, 0.05) is 5.56 Å². The van der Waals surface area contributed by atoms with Crippen molar-refractivity contribution in [1.29, 1.82) is 0 Å². The summed E-state index contributed by atoms with van der Waals surface area (Å²) < 4.78 is 2.61. The molecule has 0 saturated carbocycles. The molecule has 1 heterocycles. The molecule has 1 amide bonds. The maximum absolute atomic E-state index is 12.7. The minimum atomic E-state index is -0.931. The Bertz CT molecular complexity index is 1090. The summed E-state index contributed by atoms with van der Waals surface area (Å²) in [4.78, 5) is 29.3. The highest BCUT2D eigenvalue weighted by Crippen LogP contribution is 2.26. The van der Waals surface area contributed by atoms with Crippen molar-refractivity contribution in [3.63, 3.8) is 0 Å². The van der Waals surface area contributed by atoms with Crippen LogP contribution in [0, 0.1) is 6.92 Å². The van der Waals surface area contributed by atoms with Gasteiger partial charge in [0.25, 0.3) is 5.91 Å².